The molecule has 25 heavy (non-hydrogen) atoms. The second-order valence-electron chi connectivity index (χ2n) is 5.91. The van der Waals surface area contributed by atoms with Crippen molar-refractivity contribution < 1.29 is 4.79 Å². The summed E-state index contributed by atoms with van der Waals surface area (Å²) in [6, 6.07) is 4.96. The van der Waals surface area contributed by atoms with E-state index < -0.39 is 0 Å². The lowest BCUT2D eigenvalue weighted by atomic mass is 9.97. The quantitative estimate of drug-likeness (QED) is 0.308. The fourth-order valence-electron chi connectivity index (χ4n) is 3.10. The highest BCUT2D eigenvalue weighted by molar-refractivity contribution is 8.00. The van der Waals surface area contributed by atoms with Crippen molar-refractivity contribution in [3.63, 3.8) is 0 Å². The molecule has 0 atom stereocenters. The smallest absolute Gasteiger partial charge is 0.174 e. The third-order valence-electron chi connectivity index (χ3n) is 4.29. The molecule has 1 aromatic carbocycles. The zero-order valence-electron chi connectivity index (χ0n) is 13.2. The molecule has 3 aromatic rings. The third kappa shape index (κ3) is 3.43. The molecule has 0 fully saturated rings. The highest BCUT2D eigenvalue weighted by Crippen LogP contribution is 2.39. The largest absolute Gasteiger partial charge is 0.293 e. The van der Waals surface area contributed by atoms with Crippen molar-refractivity contribution in [2.75, 3.05) is 5.75 Å². The zero-order chi connectivity index (χ0) is 17.4. The van der Waals surface area contributed by atoms with Gasteiger partial charge in [0.15, 0.2) is 5.78 Å². The van der Waals surface area contributed by atoms with Gasteiger partial charge in [-0.05, 0) is 49.4 Å². The van der Waals surface area contributed by atoms with Crippen LogP contribution in [0, 0.1) is 0 Å². The van der Waals surface area contributed by atoms with E-state index in [2.05, 4.69) is 9.97 Å². The van der Waals surface area contributed by atoms with Crippen LogP contribution in [0.25, 0.3) is 10.2 Å². The normalized spacial score (nSPS) is 13.8. The molecule has 1 aliphatic carbocycles. The number of benzene rings is 1. The minimum absolute atomic E-state index is 0.0254. The first kappa shape index (κ1) is 17.3. The molecule has 1 aliphatic rings. The lowest BCUT2D eigenvalue weighted by Gasteiger charge is -2.11. The summed E-state index contributed by atoms with van der Waals surface area (Å²) in [6.07, 6.45) is 6.24. The molecular weight excluding hydrogens is 395 g/mol. The number of carbonyl (C=O) groups excluding carboxylic acids is 1. The maximum Gasteiger partial charge on any atom is 0.174 e. The first-order chi connectivity index (χ1) is 12.1. The number of ketones is 1. The number of aromatic nitrogens is 2. The average Bonchev–Trinajstić information content (AvgIpc) is 2.99. The van der Waals surface area contributed by atoms with Crippen molar-refractivity contribution in [2.24, 2.45) is 0 Å². The van der Waals surface area contributed by atoms with Gasteiger partial charge in [0.25, 0.3) is 0 Å². The second-order valence-corrected chi connectivity index (χ2v) is 8.80. The number of aryl methyl sites for hydroxylation is 2. The van der Waals surface area contributed by atoms with Gasteiger partial charge in [-0.1, -0.05) is 35.0 Å². The van der Waals surface area contributed by atoms with Crippen molar-refractivity contribution >= 4 is 62.3 Å². The number of thioether (sulfide) groups is 1. The van der Waals surface area contributed by atoms with Crippen LogP contribution >= 0.6 is 46.3 Å². The van der Waals surface area contributed by atoms with Gasteiger partial charge in [0.2, 0.25) is 0 Å². The molecule has 0 bridgehead atoms. The molecule has 0 unspecified atom stereocenters. The molecule has 0 saturated heterocycles. The van der Waals surface area contributed by atoms with E-state index in [1.165, 1.54) is 35.0 Å². The Kier molecular flexibility index (Phi) is 5.00. The Bertz CT molecular complexity index is 971. The maximum absolute atomic E-state index is 12.5. The van der Waals surface area contributed by atoms with Gasteiger partial charge in [0.05, 0.1) is 10.8 Å². The van der Waals surface area contributed by atoms with Crippen LogP contribution in [0.1, 0.15) is 33.6 Å². The Morgan fingerprint density at radius 1 is 1.20 bits per heavy atom. The third-order valence-corrected chi connectivity index (χ3v) is 7.03. The maximum atomic E-state index is 12.5. The van der Waals surface area contributed by atoms with Gasteiger partial charge >= 0.3 is 0 Å². The highest BCUT2D eigenvalue weighted by atomic mass is 35.5. The number of halogens is 2. The van der Waals surface area contributed by atoms with Crippen molar-refractivity contribution in [2.45, 2.75) is 30.7 Å². The first-order valence-electron chi connectivity index (χ1n) is 8.00. The van der Waals surface area contributed by atoms with Crippen LogP contribution in [0.5, 0.6) is 0 Å². The van der Waals surface area contributed by atoms with Crippen LogP contribution in [-0.2, 0) is 12.8 Å². The molecule has 0 amide bonds. The number of hydrogen-bond donors (Lipinski definition) is 0. The molecule has 2 heterocycles. The van der Waals surface area contributed by atoms with E-state index in [1.54, 1.807) is 35.9 Å². The van der Waals surface area contributed by atoms with Gasteiger partial charge in [-0.3, -0.25) is 4.79 Å². The fourth-order valence-corrected chi connectivity index (χ4v) is 5.81. The van der Waals surface area contributed by atoms with E-state index in [1.807, 2.05) is 0 Å². The number of hydrogen-bond acceptors (Lipinski definition) is 5. The molecule has 128 valence electrons. The zero-order valence-corrected chi connectivity index (χ0v) is 16.4. The predicted octanol–water partition coefficient (Wildman–Crippen LogP) is 5.85. The van der Waals surface area contributed by atoms with Crippen LogP contribution in [0.15, 0.2) is 29.6 Å². The summed E-state index contributed by atoms with van der Waals surface area (Å²) in [6.45, 7) is 0. The minimum atomic E-state index is -0.0254. The molecule has 4 rings (SSSR count). The van der Waals surface area contributed by atoms with Crippen molar-refractivity contribution in [1.82, 2.24) is 9.97 Å². The van der Waals surface area contributed by atoms with E-state index in [0.717, 1.165) is 28.1 Å². The van der Waals surface area contributed by atoms with Gasteiger partial charge in [0, 0.05) is 20.8 Å². The summed E-state index contributed by atoms with van der Waals surface area (Å²) in [5.74, 6) is 0.264. The summed E-state index contributed by atoms with van der Waals surface area (Å²) < 4.78 is 0. The predicted molar refractivity (Wildman–Crippen MR) is 106 cm³/mol. The summed E-state index contributed by atoms with van der Waals surface area (Å²) >= 11 is 15.3. The van der Waals surface area contributed by atoms with Crippen molar-refractivity contribution in [3.05, 3.63) is 50.6 Å². The summed E-state index contributed by atoms with van der Waals surface area (Å²) in [4.78, 5) is 23.9. The summed E-state index contributed by atoms with van der Waals surface area (Å²) in [7, 11) is 0. The fraction of sp³-hybridized carbons (Fsp3) is 0.278. The Labute approximate surface area is 163 Å². The van der Waals surface area contributed by atoms with E-state index >= 15 is 0 Å². The van der Waals surface area contributed by atoms with Crippen LogP contribution in [0.2, 0.25) is 10.0 Å². The molecule has 3 nitrogen and oxygen atoms in total. The lowest BCUT2D eigenvalue weighted by Crippen LogP contribution is -2.04. The van der Waals surface area contributed by atoms with E-state index in [0.29, 0.717) is 15.6 Å². The Morgan fingerprint density at radius 2 is 2.04 bits per heavy atom. The Morgan fingerprint density at radius 3 is 2.88 bits per heavy atom. The van der Waals surface area contributed by atoms with Crippen molar-refractivity contribution in [3.8, 4) is 0 Å². The molecule has 0 radical (unpaired) electrons. The first-order valence-corrected chi connectivity index (χ1v) is 10.6. The van der Waals surface area contributed by atoms with Gasteiger partial charge in [-0.15, -0.1) is 11.3 Å². The lowest BCUT2D eigenvalue weighted by molar-refractivity contribution is 0.102. The second kappa shape index (κ2) is 7.23. The molecule has 0 N–H and O–H groups in total. The standard InChI is InChI=1S/C18H14Cl2N2OS2/c19-10-5-6-11(13(20)7-10)14(23)8-24-17-16-12-3-1-2-4-15(12)25-18(16)22-9-21-17/h5-7,9H,1-4,8H2. The number of thiophene rings is 1. The number of carbonyl (C=O) groups is 1. The van der Waals surface area contributed by atoms with Gasteiger partial charge < -0.3 is 0 Å². The van der Waals surface area contributed by atoms with E-state index in [4.69, 9.17) is 23.2 Å². The molecule has 7 heteroatoms. The monoisotopic (exact) mass is 408 g/mol. The summed E-state index contributed by atoms with van der Waals surface area (Å²) in [5.41, 5.74) is 1.88. The highest BCUT2D eigenvalue weighted by Gasteiger charge is 2.21. The van der Waals surface area contributed by atoms with E-state index in [-0.39, 0.29) is 11.5 Å². The number of fused-ring (bicyclic) bond motifs is 3. The van der Waals surface area contributed by atoms with Crippen LogP contribution < -0.4 is 0 Å². The summed E-state index contributed by atoms with van der Waals surface area (Å²) in [5, 5.41) is 2.94. The van der Waals surface area contributed by atoms with Crippen LogP contribution in [-0.4, -0.2) is 21.5 Å². The molecule has 0 saturated carbocycles. The molecule has 2 aromatic heterocycles. The Balaban J connectivity index is 1.61. The molecular formula is C18H14Cl2N2OS2. The molecule has 0 spiro atoms. The topological polar surface area (TPSA) is 42.9 Å². The van der Waals surface area contributed by atoms with Crippen molar-refractivity contribution in [1.29, 1.82) is 0 Å². The number of nitrogens with zero attached hydrogens (tertiary/aromatic N) is 2. The van der Waals surface area contributed by atoms with Gasteiger partial charge in [0.1, 0.15) is 16.2 Å². The van der Waals surface area contributed by atoms with E-state index in [9.17, 15) is 4.79 Å². The SMILES string of the molecule is O=C(CSc1ncnc2sc3c(c12)CCCC3)c1ccc(Cl)cc1Cl. The molecule has 0 aliphatic heterocycles. The van der Waals surface area contributed by atoms with Gasteiger partial charge in [-0.25, -0.2) is 9.97 Å². The number of rotatable bonds is 4. The number of Topliss-reactive ketones (excluding diaryl/α,β-unsaturated/α-hetero) is 1. The van der Waals surface area contributed by atoms with Crippen LogP contribution in [0.3, 0.4) is 0 Å². The van der Waals surface area contributed by atoms with Crippen LogP contribution in [0.4, 0.5) is 0 Å². The minimum Gasteiger partial charge on any atom is -0.293 e. The Hall–Kier alpha value is -1.14. The average molecular weight is 409 g/mol. The van der Waals surface area contributed by atoms with Gasteiger partial charge in [-0.2, -0.15) is 0 Å².